The molecule has 1 atom stereocenters. The lowest BCUT2D eigenvalue weighted by Crippen LogP contribution is -2.28. The van der Waals surface area contributed by atoms with Gasteiger partial charge in [-0.05, 0) is 12.1 Å². The summed E-state index contributed by atoms with van der Waals surface area (Å²) in [4.78, 5) is 20.1. The minimum Gasteiger partial charge on any atom is -0.380 e. The van der Waals surface area contributed by atoms with Crippen molar-refractivity contribution < 1.29 is 9.53 Å². The van der Waals surface area contributed by atoms with Gasteiger partial charge in [0.15, 0.2) is 0 Å². The van der Waals surface area contributed by atoms with E-state index >= 15 is 0 Å². The quantitative estimate of drug-likeness (QED) is 0.834. The highest BCUT2D eigenvalue weighted by atomic mass is 16.5. The monoisotopic (exact) mass is 260 g/mol. The van der Waals surface area contributed by atoms with Crippen molar-refractivity contribution in [1.29, 1.82) is 0 Å². The zero-order chi connectivity index (χ0) is 13.7. The Morgan fingerprint density at radius 1 is 1.47 bits per heavy atom. The number of anilines is 1. The summed E-state index contributed by atoms with van der Waals surface area (Å²) in [5, 5.41) is 3.64. The summed E-state index contributed by atoms with van der Waals surface area (Å²) in [5.74, 6) is -0.145. The molecule has 2 rings (SSSR count). The van der Waals surface area contributed by atoms with E-state index in [0.29, 0.717) is 12.2 Å². The van der Waals surface area contributed by atoms with Gasteiger partial charge >= 0.3 is 0 Å². The van der Waals surface area contributed by atoms with E-state index in [2.05, 4.69) is 15.3 Å². The first-order valence-electron chi connectivity index (χ1n) is 5.96. The number of nitrogens with one attached hydrogen (secondary N) is 1. The standard InChI is InChI=1S/C13H16N4O2/c1-19-9(7-14)6-13(18)17-12-3-5-16-11-2-4-15-8-10(11)12/h2-5,8-9H,6-7,14H2,1H3,(H,16,17,18). The van der Waals surface area contributed by atoms with Gasteiger partial charge in [0.2, 0.25) is 5.91 Å². The third kappa shape index (κ3) is 3.24. The summed E-state index contributed by atoms with van der Waals surface area (Å²) in [6, 6.07) is 3.54. The largest absolute Gasteiger partial charge is 0.380 e. The Morgan fingerprint density at radius 3 is 3.05 bits per heavy atom. The normalized spacial score (nSPS) is 12.3. The second-order valence-electron chi connectivity index (χ2n) is 4.10. The van der Waals surface area contributed by atoms with E-state index in [9.17, 15) is 4.79 Å². The molecule has 1 unspecified atom stereocenters. The molecule has 0 aliphatic carbocycles. The Balaban J connectivity index is 2.15. The van der Waals surface area contributed by atoms with Crippen LogP contribution < -0.4 is 11.1 Å². The Hall–Kier alpha value is -2.05. The maximum atomic E-state index is 11.9. The molecule has 0 bridgehead atoms. The Labute approximate surface area is 111 Å². The van der Waals surface area contributed by atoms with E-state index in [1.54, 1.807) is 30.7 Å². The first-order chi connectivity index (χ1) is 9.24. The highest BCUT2D eigenvalue weighted by Crippen LogP contribution is 2.20. The number of amides is 1. The molecule has 6 heteroatoms. The third-order valence-corrected chi connectivity index (χ3v) is 2.83. The minimum atomic E-state index is -0.272. The first kappa shape index (κ1) is 13.4. The predicted molar refractivity (Wildman–Crippen MR) is 72.6 cm³/mol. The molecule has 0 spiro atoms. The molecule has 100 valence electrons. The second-order valence-corrected chi connectivity index (χ2v) is 4.10. The molecular weight excluding hydrogens is 244 g/mol. The van der Waals surface area contributed by atoms with E-state index in [1.807, 2.05) is 0 Å². The van der Waals surface area contributed by atoms with Crippen molar-refractivity contribution in [2.45, 2.75) is 12.5 Å². The van der Waals surface area contributed by atoms with Gasteiger partial charge in [0.05, 0.1) is 23.7 Å². The summed E-state index contributed by atoms with van der Waals surface area (Å²) < 4.78 is 5.08. The predicted octanol–water partition coefficient (Wildman–Crippen LogP) is 0.932. The number of carbonyl (C=O) groups excluding carboxylic acids is 1. The SMILES string of the molecule is COC(CN)CC(=O)Nc1ccnc2ccncc12. The van der Waals surface area contributed by atoms with Gasteiger partial charge in [-0.2, -0.15) is 0 Å². The van der Waals surface area contributed by atoms with Crippen molar-refractivity contribution in [3.8, 4) is 0 Å². The Bertz CT molecular complexity index is 564. The Kier molecular flexibility index (Phi) is 4.38. The molecule has 2 heterocycles. The average Bonchev–Trinajstić information content (AvgIpc) is 2.45. The van der Waals surface area contributed by atoms with Gasteiger partial charge in [-0.3, -0.25) is 14.8 Å². The highest BCUT2D eigenvalue weighted by Gasteiger charge is 2.12. The fourth-order valence-corrected chi connectivity index (χ4v) is 1.77. The van der Waals surface area contributed by atoms with E-state index in [4.69, 9.17) is 10.5 Å². The summed E-state index contributed by atoms with van der Waals surface area (Å²) in [6.07, 6.45) is 4.93. The zero-order valence-corrected chi connectivity index (χ0v) is 10.7. The van der Waals surface area contributed by atoms with Crippen molar-refractivity contribution in [2.75, 3.05) is 19.0 Å². The van der Waals surface area contributed by atoms with Crippen LogP contribution in [0.5, 0.6) is 0 Å². The molecule has 0 saturated carbocycles. The summed E-state index contributed by atoms with van der Waals surface area (Å²) in [5.41, 5.74) is 6.97. The van der Waals surface area contributed by atoms with Gasteiger partial charge < -0.3 is 15.8 Å². The number of nitrogens with zero attached hydrogens (tertiary/aromatic N) is 2. The fraction of sp³-hybridized carbons (Fsp3) is 0.308. The van der Waals surface area contributed by atoms with E-state index in [-0.39, 0.29) is 18.4 Å². The number of nitrogens with two attached hydrogens (primary N) is 1. The molecule has 6 nitrogen and oxygen atoms in total. The lowest BCUT2D eigenvalue weighted by Gasteiger charge is -2.13. The molecule has 19 heavy (non-hydrogen) atoms. The summed E-state index contributed by atoms with van der Waals surface area (Å²) in [7, 11) is 1.54. The molecule has 0 fully saturated rings. The van der Waals surface area contributed by atoms with Crippen molar-refractivity contribution >= 4 is 22.5 Å². The van der Waals surface area contributed by atoms with Crippen LogP contribution in [-0.2, 0) is 9.53 Å². The van der Waals surface area contributed by atoms with Crippen LogP contribution in [0.15, 0.2) is 30.7 Å². The maximum Gasteiger partial charge on any atom is 0.227 e. The maximum absolute atomic E-state index is 11.9. The Morgan fingerprint density at radius 2 is 2.32 bits per heavy atom. The van der Waals surface area contributed by atoms with Crippen LogP contribution in [0.2, 0.25) is 0 Å². The van der Waals surface area contributed by atoms with Gasteiger partial charge in [-0.15, -0.1) is 0 Å². The van der Waals surface area contributed by atoms with Crippen LogP contribution in [-0.4, -0.2) is 35.6 Å². The smallest absolute Gasteiger partial charge is 0.227 e. The molecule has 0 aromatic carbocycles. The second kappa shape index (κ2) is 6.21. The molecule has 1 amide bonds. The van der Waals surface area contributed by atoms with Crippen LogP contribution in [0, 0.1) is 0 Å². The first-order valence-corrected chi connectivity index (χ1v) is 5.96. The highest BCUT2D eigenvalue weighted by molar-refractivity contribution is 6.00. The molecular formula is C13H16N4O2. The number of hydrogen-bond donors (Lipinski definition) is 2. The van der Waals surface area contributed by atoms with Gasteiger partial charge in [-0.1, -0.05) is 0 Å². The lowest BCUT2D eigenvalue weighted by molar-refractivity contribution is -0.118. The van der Waals surface area contributed by atoms with Gasteiger partial charge in [-0.25, -0.2) is 0 Å². The van der Waals surface area contributed by atoms with Gasteiger partial charge in [0.25, 0.3) is 0 Å². The number of methoxy groups -OCH3 is 1. The molecule has 0 aliphatic heterocycles. The fourth-order valence-electron chi connectivity index (χ4n) is 1.77. The molecule has 0 radical (unpaired) electrons. The number of carbonyl (C=O) groups is 1. The van der Waals surface area contributed by atoms with Gasteiger partial charge in [0, 0.05) is 37.6 Å². The van der Waals surface area contributed by atoms with E-state index in [1.165, 1.54) is 7.11 Å². The summed E-state index contributed by atoms with van der Waals surface area (Å²) >= 11 is 0. The van der Waals surface area contributed by atoms with Crippen LogP contribution in [0.4, 0.5) is 5.69 Å². The number of hydrogen-bond acceptors (Lipinski definition) is 5. The van der Waals surface area contributed by atoms with Crippen molar-refractivity contribution in [3.63, 3.8) is 0 Å². The van der Waals surface area contributed by atoms with Crippen molar-refractivity contribution in [3.05, 3.63) is 30.7 Å². The van der Waals surface area contributed by atoms with E-state index in [0.717, 1.165) is 10.9 Å². The minimum absolute atomic E-state index is 0.145. The molecule has 0 aliphatic rings. The van der Waals surface area contributed by atoms with Gasteiger partial charge in [0.1, 0.15) is 0 Å². The number of rotatable bonds is 5. The van der Waals surface area contributed by atoms with Crippen LogP contribution in [0.3, 0.4) is 0 Å². The zero-order valence-electron chi connectivity index (χ0n) is 10.7. The van der Waals surface area contributed by atoms with Crippen LogP contribution in [0.25, 0.3) is 10.9 Å². The summed E-state index contributed by atoms with van der Waals surface area (Å²) in [6.45, 7) is 0.308. The number of aromatic nitrogens is 2. The third-order valence-electron chi connectivity index (χ3n) is 2.83. The number of fused-ring (bicyclic) bond motifs is 1. The van der Waals surface area contributed by atoms with E-state index < -0.39 is 0 Å². The molecule has 2 aromatic heterocycles. The molecule has 0 saturated heterocycles. The molecule has 2 aromatic rings. The number of pyridine rings is 2. The lowest BCUT2D eigenvalue weighted by atomic mass is 10.2. The van der Waals surface area contributed by atoms with Crippen LogP contribution >= 0.6 is 0 Å². The van der Waals surface area contributed by atoms with Crippen molar-refractivity contribution in [1.82, 2.24) is 9.97 Å². The topological polar surface area (TPSA) is 90.1 Å². The van der Waals surface area contributed by atoms with Crippen molar-refractivity contribution in [2.24, 2.45) is 5.73 Å². The molecule has 3 N–H and O–H groups in total. The average molecular weight is 260 g/mol. The van der Waals surface area contributed by atoms with Crippen LogP contribution in [0.1, 0.15) is 6.42 Å². The number of ether oxygens (including phenoxy) is 1.